The number of carbonyl (C=O) groups is 1. The standard InChI is InChI=1S/C24H42O2/c1-4-7-10-11-12-15-22(14-9-6-3)20-26-24(25)23-18-16-21(17-19-23)13-8-5-2/h16,18,22H,4-15,17,19-20H2,1-3H3. The number of hydrogen-bond donors (Lipinski definition) is 0. The molecule has 0 fully saturated rings. The molecular weight excluding hydrogens is 320 g/mol. The zero-order chi connectivity index (χ0) is 19.0. The van der Waals surface area contributed by atoms with Gasteiger partial charge in [-0.1, -0.05) is 89.9 Å². The van der Waals surface area contributed by atoms with Gasteiger partial charge in [0, 0.05) is 5.57 Å². The molecule has 0 saturated carbocycles. The summed E-state index contributed by atoms with van der Waals surface area (Å²) in [5.74, 6) is 0.462. The van der Waals surface area contributed by atoms with Crippen molar-refractivity contribution in [3.8, 4) is 0 Å². The molecule has 0 N–H and O–H groups in total. The van der Waals surface area contributed by atoms with Crippen molar-refractivity contribution in [3.63, 3.8) is 0 Å². The van der Waals surface area contributed by atoms with Gasteiger partial charge >= 0.3 is 5.97 Å². The van der Waals surface area contributed by atoms with Gasteiger partial charge in [0.15, 0.2) is 0 Å². The van der Waals surface area contributed by atoms with Crippen molar-refractivity contribution in [1.82, 2.24) is 0 Å². The summed E-state index contributed by atoms with van der Waals surface area (Å²) in [7, 11) is 0. The van der Waals surface area contributed by atoms with Crippen LogP contribution in [0, 0.1) is 5.92 Å². The van der Waals surface area contributed by atoms with Gasteiger partial charge in [-0.05, 0) is 44.4 Å². The van der Waals surface area contributed by atoms with Crippen LogP contribution >= 0.6 is 0 Å². The fraction of sp³-hybridized carbons (Fsp3) is 0.792. The van der Waals surface area contributed by atoms with E-state index in [1.54, 1.807) is 0 Å². The summed E-state index contributed by atoms with van der Waals surface area (Å²) in [6, 6.07) is 0. The van der Waals surface area contributed by atoms with E-state index in [4.69, 9.17) is 4.74 Å². The van der Waals surface area contributed by atoms with Crippen molar-refractivity contribution >= 4 is 5.97 Å². The Morgan fingerprint density at radius 3 is 2.23 bits per heavy atom. The zero-order valence-corrected chi connectivity index (χ0v) is 17.7. The van der Waals surface area contributed by atoms with E-state index in [9.17, 15) is 4.79 Å². The highest BCUT2D eigenvalue weighted by atomic mass is 16.5. The fourth-order valence-corrected chi connectivity index (χ4v) is 3.59. The molecule has 0 aromatic rings. The number of ether oxygens (including phenoxy) is 1. The largest absolute Gasteiger partial charge is 0.462 e. The van der Waals surface area contributed by atoms with E-state index in [-0.39, 0.29) is 5.97 Å². The molecule has 0 aromatic heterocycles. The average molecular weight is 363 g/mol. The quantitative estimate of drug-likeness (QED) is 0.222. The Bertz CT molecular complexity index is 433. The number of hydrogen-bond acceptors (Lipinski definition) is 2. The summed E-state index contributed by atoms with van der Waals surface area (Å²) in [4.78, 5) is 12.4. The van der Waals surface area contributed by atoms with Crippen molar-refractivity contribution in [2.75, 3.05) is 6.61 Å². The highest BCUT2D eigenvalue weighted by Gasteiger charge is 2.17. The minimum absolute atomic E-state index is 0.0803. The number of carbonyl (C=O) groups excluding carboxylic acids is 1. The lowest BCUT2D eigenvalue weighted by Gasteiger charge is -2.18. The first-order chi connectivity index (χ1) is 12.7. The van der Waals surface area contributed by atoms with E-state index in [0.717, 1.165) is 18.4 Å². The van der Waals surface area contributed by atoms with Gasteiger partial charge in [0.2, 0.25) is 0 Å². The number of esters is 1. The molecule has 0 aromatic carbocycles. The minimum Gasteiger partial charge on any atom is -0.462 e. The van der Waals surface area contributed by atoms with E-state index < -0.39 is 0 Å². The first-order valence-electron chi connectivity index (χ1n) is 11.3. The molecular formula is C24H42O2. The number of unbranched alkanes of at least 4 members (excludes halogenated alkanes) is 6. The Morgan fingerprint density at radius 1 is 0.885 bits per heavy atom. The van der Waals surface area contributed by atoms with Crippen LogP contribution in [-0.2, 0) is 9.53 Å². The molecule has 2 nitrogen and oxygen atoms in total. The van der Waals surface area contributed by atoms with Crippen LogP contribution in [0.15, 0.2) is 23.3 Å². The highest BCUT2D eigenvalue weighted by molar-refractivity contribution is 5.89. The normalized spacial score (nSPS) is 15.3. The molecule has 26 heavy (non-hydrogen) atoms. The zero-order valence-electron chi connectivity index (χ0n) is 17.7. The topological polar surface area (TPSA) is 26.3 Å². The van der Waals surface area contributed by atoms with Crippen molar-refractivity contribution < 1.29 is 9.53 Å². The van der Waals surface area contributed by atoms with Crippen LogP contribution < -0.4 is 0 Å². The third kappa shape index (κ3) is 10.2. The molecule has 0 radical (unpaired) electrons. The average Bonchev–Trinajstić information content (AvgIpc) is 2.67. The Labute approximate surface area is 162 Å². The van der Waals surface area contributed by atoms with Crippen molar-refractivity contribution in [3.05, 3.63) is 23.3 Å². The maximum absolute atomic E-state index is 12.4. The molecule has 1 rings (SSSR count). The third-order valence-electron chi connectivity index (χ3n) is 5.48. The summed E-state index contributed by atoms with van der Waals surface area (Å²) >= 11 is 0. The van der Waals surface area contributed by atoms with Crippen LogP contribution in [0.25, 0.3) is 0 Å². The van der Waals surface area contributed by atoms with Gasteiger partial charge in [-0.25, -0.2) is 4.79 Å². The van der Waals surface area contributed by atoms with Crippen molar-refractivity contribution in [2.45, 2.75) is 111 Å². The maximum atomic E-state index is 12.4. The molecule has 0 amide bonds. The Balaban J connectivity index is 2.37. The Morgan fingerprint density at radius 2 is 1.58 bits per heavy atom. The molecule has 1 atom stereocenters. The van der Waals surface area contributed by atoms with Crippen LogP contribution in [0.4, 0.5) is 0 Å². The van der Waals surface area contributed by atoms with Gasteiger partial charge in [0.1, 0.15) is 0 Å². The fourth-order valence-electron chi connectivity index (χ4n) is 3.59. The predicted molar refractivity (Wildman–Crippen MR) is 112 cm³/mol. The summed E-state index contributed by atoms with van der Waals surface area (Å²) < 4.78 is 5.70. The van der Waals surface area contributed by atoms with E-state index >= 15 is 0 Å². The molecule has 0 saturated heterocycles. The van der Waals surface area contributed by atoms with Gasteiger partial charge < -0.3 is 4.74 Å². The van der Waals surface area contributed by atoms with Crippen LogP contribution in [0.3, 0.4) is 0 Å². The predicted octanol–water partition coefficient (Wildman–Crippen LogP) is 7.53. The van der Waals surface area contributed by atoms with E-state index in [1.165, 1.54) is 82.6 Å². The molecule has 1 aliphatic carbocycles. The van der Waals surface area contributed by atoms with Gasteiger partial charge in [0.05, 0.1) is 6.61 Å². The van der Waals surface area contributed by atoms with Gasteiger partial charge in [-0.15, -0.1) is 0 Å². The molecule has 1 aliphatic rings. The van der Waals surface area contributed by atoms with E-state index in [0.29, 0.717) is 12.5 Å². The van der Waals surface area contributed by atoms with Crippen molar-refractivity contribution in [2.24, 2.45) is 5.92 Å². The number of allylic oxidation sites excluding steroid dienone is 3. The summed E-state index contributed by atoms with van der Waals surface area (Å²) in [5, 5.41) is 0. The van der Waals surface area contributed by atoms with E-state index in [1.807, 2.05) is 6.08 Å². The van der Waals surface area contributed by atoms with Crippen LogP contribution in [0.1, 0.15) is 111 Å². The second-order valence-corrected chi connectivity index (χ2v) is 7.93. The first-order valence-corrected chi connectivity index (χ1v) is 11.3. The smallest absolute Gasteiger partial charge is 0.334 e. The van der Waals surface area contributed by atoms with Gasteiger partial charge in [0.25, 0.3) is 0 Å². The molecule has 0 spiro atoms. The van der Waals surface area contributed by atoms with Crippen LogP contribution in [-0.4, -0.2) is 12.6 Å². The molecule has 1 unspecified atom stereocenters. The second kappa shape index (κ2) is 15.1. The lowest BCUT2D eigenvalue weighted by molar-refractivity contribution is -0.140. The third-order valence-corrected chi connectivity index (χ3v) is 5.48. The summed E-state index contributed by atoms with van der Waals surface area (Å²) in [5.41, 5.74) is 2.35. The van der Waals surface area contributed by atoms with E-state index in [2.05, 4.69) is 26.8 Å². The second-order valence-electron chi connectivity index (χ2n) is 7.93. The Kier molecular flexibility index (Phi) is 13.3. The monoisotopic (exact) mass is 362 g/mol. The molecule has 150 valence electrons. The molecule has 0 aliphatic heterocycles. The van der Waals surface area contributed by atoms with Crippen LogP contribution in [0.2, 0.25) is 0 Å². The maximum Gasteiger partial charge on any atom is 0.334 e. The SMILES string of the molecule is CCCCCCCC(CCCC)COC(=O)C1=CC=C(CCCC)CC1. The van der Waals surface area contributed by atoms with Crippen LogP contribution in [0.5, 0.6) is 0 Å². The number of rotatable bonds is 15. The highest BCUT2D eigenvalue weighted by Crippen LogP contribution is 2.24. The van der Waals surface area contributed by atoms with Crippen molar-refractivity contribution in [1.29, 1.82) is 0 Å². The Hall–Kier alpha value is -1.05. The summed E-state index contributed by atoms with van der Waals surface area (Å²) in [6.45, 7) is 7.32. The molecule has 0 heterocycles. The van der Waals surface area contributed by atoms with Gasteiger partial charge in [-0.2, -0.15) is 0 Å². The minimum atomic E-state index is -0.0803. The molecule has 2 heteroatoms. The van der Waals surface area contributed by atoms with Gasteiger partial charge in [-0.3, -0.25) is 0 Å². The molecule has 0 bridgehead atoms. The summed E-state index contributed by atoms with van der Waals surface area (Å²) in [6.07, 6.45) is 21.1. The lowest BCUT2D eigenvalue weighted by atomic mass is 9.94. The first kappa shape index (κ1) is 23.0. The lowest BCUT2D eigenvalue weighted by Crippen LogP contribution is -2.17.